The van der Waals surface area contributed by atoms with Crippen molar-refractivity contribution in [3.05, 3.63) is 82.3 Å². The van der Waals surface area contributed by atoms with Crippen LogP contribution in [0.2, 0.25) is 10.0 Å². The maximum Gasteiger partial charge on any atom is 0.165 e. The zero-order chi connectivity index (χ0) is 22.3. The topological polar surface area (TPSA) is 69.5 Å². The molecule has 0 aliphatic carbocycles. The largest absolute Gasteiger partial charge is 0.507 e. The van der Waals surface area contributed by atoms with E-state index in [-0.39, 0.29) is 5.75 Å². The Morgan fingerprint density at radius 1 is 0.844 bits per heavy atom. The molecule has 7 heteroatoms. The standard InChI is InChI=1S/C25H21Cl2N3O2/c26-17-7-5-16(6-8-17)25(32)11-13-30(14-12-25)24-19-10-9-18(27)15-21(19)28-23(29-24)20-3-1-2-4-22(20)31/h1-10,15,31-32H,11-14H2. The molecule has 1 saturated heterocycles. The number of para-hydroxylation sites is 1. The molecule has 0 amide bonds. The number of phenolic OH excluding ortho intramolecular Hbond substituents is 1. The predicted octanol–water partition coefficient (Wildman–Crippen LogP) is 5.80. The Morgan fingerprint density at radius 2 is 1.53 bits per heavy atom. The minimum atomic E-state index is -0.909. The van der Waals surface area contributed by atoms with Crippen molar-refractivity contribution in [2.45, 2.75) is 18.4 Å². The van der Waals surface area contributed by atoms with Crippen LogP contribution in [0.1, 0.15) is 18.4 Å². The first-order valence-corrected chi connectivity index (χ1v) is 11.2. The third kappa shape index (κ3) is 3.88. The van der Waals surface area contributed by atoms with Crippen molar-refractivity contribution in [1.29, 1.82) is 0 Å². The molecule has 0 radical (unpaired) electrons. The van der Waals surface area contributed by atoms with Crippen LogP contribution in [0.4, 0.5) is 5.82 Å². The summed E-state index contributed by atoms with van der Waals surface area (Å²) in [6, 6.07) is 19.9. The first-order valence-electron chi connectivity index (χ1n) is 10.4. The lowest BCUT2D eigenvalue weighted by molar-refractivity contribution is 0.0117. The number of nitrogens with zero attached hydrogens (tertiary/aromatic N) is 3. The second-order valence-electron chi connectivity index (χ2n) is 8.07. The lowest BCUT2D eigenvalue weighted by Crippen LogP contribution is -2.43. The normalized spacial score (nSPS) is 15.8. The summed E-state index contributed by atoms with van der Waals surface area (Å²) in [5.74, 6) is 1.32. The summed E-state index contributed by atoms with van der Waals surface area (Å²) in [6.45, 7) is 1.24. The first kappa shape index (κ1) is 21.0. The molecule has 5 nitrogen and oxygen atoms in total. The van der Waals surface area contributed by atoms with Gasteiger partial charge in [0.1, 0.15) is 11.6 Å². The maximum absolute atomic E-state index is 11.3. The van der Waals surface area contributed by atoms with Gasteiger partial charge in [-0.15, -0.1) is 0 Å². The average Bonchev–Trinajstić information content (AvgIpc) is 2.79. The summed E-state index contributed by atoms with van der Waals surface area (Å²) in [4.78, 5) is 11.7. The van der Waals surface area contributed by atoms with E-state index in [4.69, 9.17) is 28.2 Å². The third-order valence-corrected chi connectivity index (χ3v) is 6.54. The van der Waals surface area contributed by atoms with E-state index in [9.17, 15) is 10.2 Å². The highest BCUT2D eigenvalue weighted by atomic mass is 35.5. The number of rotatable bonds is 3. The van der Waals surface area contributed by atoms with E-state index in [0.717, 1.165) is 16.8 Å². The van der Waals surface area contributed by atoms with Crippen LogP contribution < -0.4 is 4.90 Å². The molecule has 0 atom stereocenters. The minimum Gasteiger partial charge on any atom is -0.507 e. The van der Waals surface area contributed by atoms with E-state index < -0.39 is 5.60 Å². The number of anilines is 1. The van der Waals surface area contributed by atoms with Crippen molar-refractivity contribution in [2.75, 3.05) is 18.0 Å². The number of piperidine rings is 1. The summed E-state index contributed by atoms with van der Waals surface area (Å²) in [5.41, 5.74) is 1.23. The molecule has 0 saturated carbocycles. The van der Waals surface area contributed by atoms with Gasteiger partial charge >= 0.3 is 0 Å². The molecule has 4 aromatic rings. The Labute approximate surface area is 195 Å². The van der Waals surface area contributed by atoms with Gasteiger partial charge < -0.3 is 15.1 Å². The number of hydrogen-bond donors (Lipinski definition) is 2. The van der Waals surface area contributed by atoms with Crippen molar-refractivity contribution in [2.24, 2.45) is 0 Å². The van der Waals surface area contributed by atoms with Gasteiger partial charge in [-0.3, -0.25) is 0 Å². The molecular formula is C25H21Cl2N3O2. The van der Waals surface area contributed by atoms with Gasteiger partial charge in [-0.1, -0.05) is 47.5 Å². The first-order chi connectivity index (χ1) is 15.4. The van der Waals surface area contributed by atoms with E-state index in [1.165, 1.54) is 0 Å². The number of phenols is 1. The molecule has 0 spiro atoms. The summed E-state index contributed by atoms with van der Waals surface area (Å²) in [7, 11) is 0. The number of halogens is 2. The lowest BCUT2D eigenvalue weighted by atomic mass is 9.84. The molecule has 0 unspecified atom stereocenters. The van der Waals surface area contributed by atoms with Gasteiger partial charge in [0.05, 0.1) is 16.7 Å². The Balaban J connectivity index is 1.53. The SMILES string of the molecule is Oc1ccccc1-c1nc(N2CCC(O)(c3ccc(Cl)cc3)CC2)c2ccc(Cl)cc2n1. The monoisotopic (exact) mass is 465 g/mol. The van der Waals surface area contributed by atoms with Crippen molar-refractivity contribution in [1.82, 2.24) is 9.97 Å². The van der Waals surface area contributed by atoms with E-state index in [1.807, 2.05) is 42.5 Å². The molecule has 32 heavy (non-hydrogen) atoms. The zero-order valence-corrected chi connectivity index (χ0v) is 18.7. The van der Waals surface area contributed by atoms with E-state index in [0.29, 0.717) is 52.9 Å². The van der Waals surface area contributed by atoms with Gasteiger partial charge in [0.25, 0.3) is 0 Å². The van der Waals surface area contributed by atoms with E-state index >= 15 is 0 Å². The third-order valence-electron chi connectivity index (χ3n) is 6.06. The fourth-order valence-corrected chi connectivity index (χ4v) is 4.54. The molecule has 2 heterocycles. The van der Waals surface area contributed by atoms with Crippen LogP contribution in [-0.2, 0) is 5.60 Å². The molecular weight excluding hydrogens is 445 g/mol. The highest BCUT2D eigenvalue weighted by molar-refractivity contribution is 6.31. The van der Waals surface area contributed by atoms with Crippen molar-refractivity contribution < 1.29 is 10.2 Å². The van der Waals surface area contributed by atoms with Gasteiger partial charge in [0, 0.05) is 28.5 Å². The Morgan fingerprint density at radius 3 is 2.25 bits per heavy atom. The quantitative estimate of drug-likeness (QED) is 0.400. The van der Waals surface area contributed by atoms with Crippen molar-refractivity contribution >= 4 is 39.9 Å². The van der Waals surface area contributed by atoms with Crippen LogP contribution in [0, 0.1) is 0 Å². The van der Waals surface area contributed by atoms with Gasteiger partial charge in [-0.05, 0) is 60.9 Å². The highest BCUT2D eigenvalue weighted by Gasteiger charge is 2.35. The molecule has 5 rings (SSSR count). The zero-order valence-electron chi connectivity index (χ0n) is 17.2. The molecule has 1 aliphatic heterocycles. The Bertz CT molecular complexity index is 1290. The molecule has 1 aromatic heterocycles. The van der Waals surface area contributed by atoms with Crippen LogP contribution >= 0.6 is 23.2 Å². The van der Waals surface area contributed by atoms with E-state index in [1.54, 1.807) is 24.3 Å². The maximum atomic E-state index is 11.3. The molecule has 1 aliphatic rings. The smallest absolute Gasteiger partial charge is 0.165 e. The van der Waals surface area contributed by atoms with Crippen LogP contribution in [0.25, 0.3) is 22.3 Å². The van der Waals surface area contributed by atoms with Gasteiger partial charge in [-0.25, -0.2) is 9.97 Å². The number of fused-ring (bicyclic) bond motifs is 1. The van der Waals surface area contributed by atoms with Crippen molar-refractivity contribution in [3.8, 4) is 17.1 Å². The van der Waals surface area contributed by atoms with Gasteiger partial charge in [-0.2, -0.15) is 0 Å². The van der Waals surface area contributed by atoms with Gasteiger partial charge in [0.2, 0.25) is 0 Å². The van der Waals surface area contributed by atoms with Crippen LogP contribution in [0.15, 0.2) is 66.7 Å². The summed E-state index contributed by atoms with van der Waals surface area (Å²) in [6.07, 6.45) is 1.11. The molecule has 2 N–H and O–H groups in total. The fraction of sp³-hybridized carbons (Fsp3) is 0.200. The summed E-state index contributed by atoms with van der Waals surface area (Å²) < 4.78 is 0. The summed E-state index contributed by atoms with van der Waals surface area (Å²) >= 11 is 12.2. The minimum absolute atomic E-state index is 0.121. The van der Waals surface area contributed by atoms with Gasteiger partial charge in [0.15, 0.2) is 5.82 Å². The van der Waals surface area contributed by atoms with E-state index in [2.05, 4.69) is 9.88 Å². The van der Waals surface area contributed by atoms with Crippen LogP contribution in [-0.4, -0.2) is 33.3 Å². The van der Waals surface area contributed by atoms with Crippen LogP contribution in [0.5, 0.6) is 5.75 Å². The number of aromatic hydroxyl groups is 1. The summed E-state index contributed by atoms with van der Waals surface area (Å²) in [5, 5.41) is 23.7. The highest BCUT2D eigenvalue weighted by Crippen LogP contribution is 2.38. The van der Waals surface area contributed by atoms with Crippen molar-refractivity contribution in [3.63, 3.8) is 0 Å². The Hall–Kier alpha value is -2.86. The predicted molar refractivity (Wildman–Crippen MR) is 128 cm³/mol. The molecule has 0 bridgehead atoms. The molecule has 162 valence electrons. The fourth-order valence-electron chi connectivity index (χ4n) is 4.25. The van der Waals surface area contributed by atoms with Crippen LogP contribution in [0.3, 0.4) is 0 Å². The number of aromatic nitrogens is 2. The lowest BCUT2D eigenvalue weighted by Gasteiger charge is -2.39. The second kappa shape index (κ2) is 8.24. The number of hydrogen-bond acceptors (Lipinski definition) is 5. The molecule has 3 aromatic carbocycles. The number of aliphatic hydroxyl groups is 1. The number of benzene rings is 3. The average molecular weight is 466 g/mol. The second-order valence-corrected chi connectivity index (χ2v) is 8.95. The Kier molecular flexibility index (Phi) is 5.41. The molecule has 1 fully saturated rings.